The number of hydrogen-bond acceptors (Lipinski definition) is 4. The summed E-state index contributed by atoms with van der Waals surface area (Å²) < 4.78 is 0. The van der Waals surface area contributed by atoms with Gasteiger partial charge in [0.25, 0.3) is 5.91 Å². The van der Waals surface area contributed by atoms with E-state index in [9.17, 15) is 14.4 Å². The molecular formula is C26H29N3O3S. The number of urea groups is 1. The van der Waals surface area contributed by atoms with Gasteiger partial charge >= 0.3 is 6.03 Å². The van der Waals surface area contributed by atoms with Crippen molar-refractivity contribution in [1.82, 2.24) is 10.2 Å². The van der Waals surface area contributed by atoms with Crippen molar-refractivity contribution in [2.45, 2.75) is 55.5 Å². The monoisotopic (exact) mass is 463 g/mol. The van der Waals surface area contributed by atoms with Gasteiger partial charge in [0.1, 0.15) is 12.1 Å². The van der Waals surface area contributed by atoms with Crippen LogP contribution < -0.4 is 10.2 Å². The molecule has 7 heteroatoms. The molecule has 2 aromatic carbocycles. The summed E-state index contributed by atoms with van der Waals surface area (Å²) in [6.07, 6.45) is 4.25. The standard InChI is InChI=1S/C26H29N3O3S/c1-2-18-12-14-26(15-13-18)24(31)28(25(32)27-26)16-23(30)29-20-10-6-7-11-22(20)33-17-21(29)19-8-4-3-5-9-19/h3-11,18,21H,2,12-17H2,1H3,(H,27,32)/t18?,21-,26?/m0/s1. The van der Waals surface area contributed by atoms with Crippen molar-refractivity contribution in [1.29, 1.82) is 0 Å². The van der Waals surface area contributed by atoms with Crippen molar-refractivity contribution < 1.29 is 14.4 Å². The van der Waals surface area contributed by atoms with Gasteiger partial charge in [0, 0.05) is 10.6 Å². The number of imide groups is 1. The summed E-state index contributed by atoms with van der Waals surface area (Å²) in [4.78, 5) is 43.9. The van der Waals surface area contributed by atoms with E-state index in [1.165, 1.54) is 0 Å². The predicted molar refractivity (Wildman–Crippen MR) is 129 cm³/mol. The van der Waals surface area contributed by atoms with Crippen LogP contribution in [0.5, 0.6) is 0 Å². The van der Waals surface area contributed by atoms with Crippen LogP contribution >= 0.6 is 11.8 Å². The van der Waals surface area contributed by atoms with Gasteiger partial charge in [-0.2, -0.15) is 0 Å². The first-order valence-corrected chi connectivity index (χ1v) is 12.7. The predicted octanol–water partition coefficient (Wildman–Crippen LogP) is 4.76. The van der Waals surface area contributed by atoms with Gasteiger partial charge in [0.2, 0.25) is 5.91 Å². The van der Waals surface area contributed by atoms with Crippen LogP contribution in [-0.4, -0.2) is 40.6 Å². The number of anilines is 1. The van der Waals surface area contributed by atoms with Crippen LogP contribution in [-0.2, 0) is 9.59 Å². The summed E-state index contributed by atoms with van der Waals surface area (Å²) in [6.45, 7) is 1.92. The number of carbonyl (C=O) groups excluding carboxylic acids is 3. The van der Waals surface area contributed by atoms with Gasteiger partial charge in [-0.25, -0.2) is 4.79 Å². The van der Waals surface area contributed by atoms with Crippen molar-refractivity contribution in [2.75, 3.05) is 17.2 Å². The number of thioether (sulfide) groups is 1. The van der Waals surface area contributed by atoms with Crippen LogP contribution in [0, 0.1) is 5.92 Å². The van der Waals surface area contributed by atoms with Crippen molar-refractivity contribution in [2.24, 2.45) is 5.92 Å². The highest BCUT2D eigenvalue weighted by Gasteiger charge is 2.53. The van der Waals surface area contributed by atoms with Crippen LogP contribution in [0.4, 0.5) is 10.5 Å². The minimum absolute atomic E-state index is 0.159. The summed E-state index contributed by atoms with van der Waals surface area (Å²) in [5, 5.41) is 2.95. The van der Waals surface area contributed by atoms with Crippen LogP contribution in [0.3, 0.4) is 0 Å². The molecule has 2 aromatic rings. The second kappa shape index (κ2) is 8.86. The molecule has 1 N–H and O–H groups in total. The topological polar surface area (TPSA) is 69.7 Å². The quantitative estimate of drug-likeness (QED) is 0.664. The van der Waals surface area contributed by atoms with E-state index < -0.39 is 11.6 Å². The summed E-state index contributed by atoms with van der Waals surface area (Å²) in [6, 6.07) is 17.2. The molecule has 5 rings (SSSR count). The van der Waals surface area contributed by atoms with E-state index in [0.29, 0.717) is 18.8 Å². The maximum absolute atomic E-state index is 13.7. The molecule has 0 aromatic heterocycles. The van der Waals surface area contributed by atoms with E-state index in [2.05, 4.69) is 12.2 Å². The fourth-order valence-corrected chi connectivity index (χ4v) is 6.53. The molecule has 0 radical (unpaired) electrons. The van der Waals surface area contributed by atoms with Gasteiger partial charge < -0.3 is 10.2 Å². The Bertz CT molecular complexity index is 1070. The summed E-state index contributed by atoms with van der Waals surface area (Å²) in [5.41, 5.74) is 1.04. The minimum Gasteiger partial charge on any atom is -0.323 e. The molecule has 1 atom stereocenters. The Balaban J connectivity index is 1.41. The molecule has 4 amide bonds. The summed E-state index contributed by atoms with van der Waals surface area (Å²) in [5.74, 6) is 0.839. The smallest absolute Gasteiger partial charge is 0.323 e. The molecule has 0 unspecified atom stereocenters. The lowest BCUT2D eigenvalue weighted by molar-refractivity contribution is -0.135. The lowest BCUT2D eigenvalue weighted by Gasteiger charge is -2.38. The van der Waals surface area contributed by atoms with Crippen molar-refractivity contribution in [3.8, 4) is 0 Å². The Morgan fingerprint density at radius 1 is 1.06 bits per heavy atom. The SMILES string of the molecule is CCC1CCC2(CC1)NC(=O)N(CC(=O)N1c3ccccc3SC[C@H]1c1ccccc1)C2=O. The minimum atomic E-state index is -0.836. The zero-order valence-corrected chi connectivity index (χ0v) is 19.6. The third-order valence-electron chi connectivity index (χ3n) is 7.36. The van der Waals surface area contributed by atoms with Crippen LogP contribution in [0.15, 0.2) is 59.5 Å². The Morgan fingerprint density at radius 3 is 2.48 bits per heavy atom. The Kier molecular flexibility index (Phi) is 5.91. The molecule has 2 aliphatic heterocycles. The number of fused-ring (bicyclic) bond motifs is 1. The van der Waals surface area contributed by atoms with Gasteiger partial charge in [-0.1, -0.05) is 55.8 Å². The number of nitrogens with zero attached hydrogens (tertiary/aromatic N) is 2. The Morgan fingerprint density at radius 2 is 1.76 bits per heavy atom. The van der Waals surface area contributed by atoms with Crippen LogP contribution in [0.1, 0.15) is 50.6 Å². The van der Waals surface area contributed by atoms with Gasteiger partial charge in [-0.15, -0.1) is 11.8 Å². The first-order chi connectivity index (χ1) is 16.0. The van der Waals surface area contributed by atoms with Gasteiger partial charge in [0.05, 0.1) is 11.7 Å². The summed E-state index contributed by atoms with van der Waals surface area (Å²) >= 11 is 1.72. The van der Waals surface area contributed by atoms with Crippen LogP contribution in [0.25, 0.3) is 0 Å². The van der Waals surface area contributed by atoms with Gasteiger partial charge in [0.15, 0.2) is 0 Å². The largest absolute Gasteiger partial charge is 0.325 e. The number of hydrogen-bond donors (Lipinski definition) is 1. The maximum atomic E-state index is 13.7. The molecule has 0 bridgehead atoms. The van der Waals surface area contributed by atoms with Gasteiger partial charge in [-0.05, 0) is 49.3 Å². The number of rotatable bonds is 4. The zero-order chi connectivity index (χ0) is 23.0. The molecule has 1 saturated carbocycles. The lowest BCUT2D eigenvalue weighted by atomic mass is 9.75. The zero-order valence-electron chi connectivity index (χ0n) is 18.8. The molecule has 6 nitrogen and oxygen atoms in total. The Hall–Kier alpha value is -2.80. The molecule has 172 valence electrons. The fourth-order valence-electron chi connectivity index (χ4n) is 5.37. The second-order valence-corrected chi connectivity index (χ2v) is 10.3. The number of benzene rings is 2. The molecule has 33 heavy (non-hydrogen) atoms. The third-order valence-corrected chi connectivity index (χ3v) is 8.50. The van der Waals surface area contributed by atoms with E-state index in [0.717, 1.165) is 46.1 Å². The van der Waals surface area contributed by atoms with E-state index in [1.54, 1.807) is 16.7 Å². The third kappa shape index (κ3) is 3.92. The molecule has 2 heterocycles. The number of para-hydroxylation sites is 1. The van der Waals surface area contributed by atoms with Crippen molar-refractivity contribution in [3.63, 3.8) is 0 Å². The molecular weight excluding hydrogens is 434 g/mol. The normalized spacial score (nSPS) is 26.9. The lowest BCUT2D eigenvalue weighted by Crippen LogP contribution is -2.50. The molecule has 1 saturated heterocycles. The van der Waals surface area contributed by atoms with Crippen molar-refractivity contribution in [3.05, 3.63) is 60.2 Å². The van der Waals surface area contributed by atoms with Crippen molar-refractivity contribution >= 4 is 35.3 Å². The average molecular weight is 464 g/mol. The highest BCUT2D eigenvalue weighted by Crippen LogP contribution is 2.43. The van der Waals surface area contributed by atoms with E-state index in [1.807, 2.05) is 54.6 Å². The molecule has 1 spiro atoms. The molecule has 3 aliphatic rings. The number of carbonyl (C=O) groups is 3. The number of amides is 4. The number of nitrogens with one attached hydrogen (secondary N) is 1. The van der Waals surface area contributed by atoms with E-state index in [4.69, 9.17) is 0 Å². The first-order valence-electron chi connectivity index (χ1n) is 11.8. The van der Waals surface area contributed by atoms with Gasteiger partial charge in [-0.3, -0.25) is 14.5 Å². The molecule has 1 aliphatic carbocycles. The second-order valence-electron chi connectivity index (χ2n) is 9.22. The molecule has 2 fully saturated rings. The van der Waals surface area contributed by atoms with Crippen LogP contribution in [0.2, 0.25) is 0 Å². The average Bonchev–Trinajstić information content (AvgIpc) is 3.08. The Labute approximate surface area is 198 Å². The van der Waals surface area contributed by atoms with E-state index >= 15 is 0 Å². The maximum Gasteiger partial charge on any atom is 0.325 e. The first kappa shape index (κ1) is 22.0. The van der Waals surface area contributed by atoms with E-state index in [-0.39, 0.29) is 24.4 Å². The summed E-state index contributed by atoms with van der Waals surface area (Å²) in [7, 11) is 0. The fraction of sp³-hybridized carbons (Fsp3) is 0.423. The highest BCUT2D eigenvalue weighted by molar-refractivity contribution is 7.99. The highest BCUT2D eigenvalue weighted by atomic mass is 32.2.